The van der Waals surface area contributed by atoms with Crippen LogP contribution in [0.2, 0.25) is 5.02 Å². The summed E-state index contributed by atoms with van der Waals surface area (Å²) in [5, 5.41) is 17.8. The molecule has 2 aromatic rings. The van der Waals surface area contributed by atoms with E-state index in [9.17, 15) is 23.5 Å². The Bertz CT molecular complexity index is 1260. The molecule has 1 atom stereocenters. The number of alkyl halides is 2. The van der Waals surface area contributed by atoms with E-state index in [0.29, 0.717) is 52.1 Å². The number of nitrogens with one attached hydrogen (secondary N) is 1. The van der Waals surface area contributed by atoms with Gasteiger partial charge in [-0.2, -0.15) is 13.9 Å². The third-order valence-electron chi connectivity index (χ3n) is 9.07. The maximum Gasteiger partial charge on any atom is 0.387 e. The number of piperidine rings is 1. The topological polar surface area (TPSA) is 106 Å². The number of carbonyl (C=O) groups excluding carboxylic acids is 1. The van der Waals surface area contributed by atoms with E-state index in [4.69, 9.17) is 16.3 Å². The van der Waals surface area contributed by atoms with Crippen LogP contribution in [0.5, 0.6) is 5.75 Å². The number of benzene rings is 1. The van der Waals surface area contributed by atoms with Gasteiger partial charge in [0.1, 0.15) is 5.54 Å². The molecule has 218 valence electrons. The Morgan fingerprint density at radius 1 is 1.18 bits per heavy atom. The Labute approximate surface area is 236 Å². The normalized spacial score (nSPS) is 23.9. The molecule has 3 fully saturated rings. The van der Waals surface area contributed by atoms with Crippen LogP contribution >= 0.6 is 11.6 Å². The number of ether oxygens (including phenoxy) is 2. The molecule has 2 aliphatic heterocycles. The Morgan fingerprint density at radius 3 is 2.50 bits per heavy atom. The molecule has 1 aromatic carbocycles. The first kappa shape index (κ1) is 28.8. The van der Waals surface area contributed by atoms with Crippen LogP contribution in [0.3, 0.4) is 0 Å². The molecule has 1 spiro atoms. The predicted octanol–water partition coefficient (Wildman–Crippen LogP) is 4.96. The molecule has 1 aliphatic carbocycles. The molecule has 3 heterocycles. The molecular weight excluding hydrogens is 546 g/mol. The number of hydrogen-bond donors (Lipinski definition) is 2. The molecule has 0 radical (unpaired) electrons. The van der Waals surface area contributed by atoms with Crippen LogP contribution in [0.25, 0.3) is 0 Å². The third-order valence-corrected chi connectivity index (χ3v) is 9.30. The molecule has 2 N–H and O–H groups in total. The summed E-state index contributed by atoms with van der Waals surface area (Å²) in [5.74, 6) is -1.33. The summed E-state index contributed by atoms with van der Waals surface area (Å²) in [6.07, 6.45) is 4.52. The molecular formula is C28H35ClF2N4O5. The molecule has 1 amide bonds. The average Bonchev–Trinajstić information content (AvgIpc) is 3.25. The van der Waals surface area contributed by atoms with Crippen molar-refractivity contribution in [3.8, 4) is 5.75 Å². The van der Waals surface area contributed by atoms with Gasteiger partial charge in [0.25, 0.3) is 5.91 Å². The minimum absolute atomic E-state index is 0.0774. The molecule has 1 unspecified atom stereocenters. The fourth-order valence-corrected chi connectivity index (χ4v) is 6.84. The first-order valence-corrected chi connectivity index (χ1v) is 14.0. The Hall–Kier alpha value is -2.76. The third kappa shape index (κ3) is 5.07. The quantitative estimate of drug-likeness (QED) is 0.432. The number of rotatable bonds is 9. The predicted molar refractivity (Wildman–Crippen MR) is 144 cm³/mol. The van der Waals surface area contributed by atoms with E-state index in [2.05, 4.69) is 20.1 Å². The average molecular weight is 581 g/mol. The second-order valence-electron chi connectivity index (χ2n) is 11.6. The maximum absolute atomic E-state index is 14.1. The van der Waals surface area contributed by atoms with Gasteiger partial charge in [0.15, 0.2) is 5.75 Å². The van der Waals surface area contributed by atoms with Gasteiger partial charge in [-0.15, -0.1) is 0 Å². The number of aromatic nitrogens is 2. The number of carboxylic acid groups (broad SMARTS) is 1. The van der Waals surface area contributed by atoms with Crippen LogP contribution in [0.15, 0.2) is 30.5 Å². The fourth-order valence-electron chi connectivity index (χ4n) is 6.68. The lowest BCUT2D eigenvalue weighted by atomic mass is 9.82. The Kier molecular flexibility index (Phi) is 7.84. The number of carbonyl (C=O) groups is 2. The van der Waals surface area contributed by atoms with Crippen LogP contribution < -0.4 is 10.1 Å². The van der Waals surface area contributed by atoms with Crippen LogP contribution in [0.4, 0.5) is 14.5 Å². The minimum atomic E-state index is -3.09. The fraction of sp³-hybridized carbons (Fsp3) is 0.607. The number of halogens is 3. The molecule has 1 aromatic heterocycles. The van der Waals surface area contributed by atoms with E-state index in [1.165, 1.54) is 18.2 Å². The van der Waals surface area contributed by atoms with E-state index >= 15 is 0 Å². The van der Waals surface area contributed by atoms with Gasteiger partial charge >= 0.3 is 12.6 Å². The van der Waals surface area contributed by atoms with E-state index < -0.39 is 29.4 Å². The van der Waals surface area contributed by atoms with Crippen molar-refractivity contribution in [3.63, 3.8) is 0 Å². The highest BCUT2D eigenvalue weighted by atomic mass is 35.5. The van der Waals surface area contributed by atoms with Gasteiger partial charge in [-0.1, -0.05) is 25.4 Å². The van der Waals surface area contributed by atoms with E-state index in [-0.39, 0.29) is 27.8 Å². The second kappa shape index (κ2) is 10.9. The van der Waals surface area contributed by atoms with Gasteiger partial charge in [-0.3, -0.25) is 14.3 Å². The summed E-state index contributed by atoms with van der Waals surface area (Å²) in [5.41, 5.74) is -1.20. The first-order chi connectivity index (χ1) is 19.0. The lowest BCUT2D eigenvalue weighted by Gasteiger charge is -2.43. The maximum atomic E-state index is 14.1. The number of anilines is 1. The number of carboxylic acids is 1. The lowest BCUT2D eigenvalue weighted by molar-refractivity contribution is -0.147. The number of hydrogen-bond acceptors (Lipinski definition) is 6. The van der Waals surface area contributed by atoms with Crippen LogP contribution in [0, 0.1) is 10.8 Å². The number of aliphatic carboxylic acids is 1. The van der Waals surface area contributed by atoms with Gasteiger partial charge in [0, 0.05) is 55.8 Å². The summed E-state index contributed by atoms with van der Waals surface area (Å²) in [7, 11) is 0. The minimum Gasteiger partial charge on any atom is -0.481 e. The number of likely N-dealkylation sites (tertiary alicyclic amines) is 1. The highest BCUT2D eigenvalue weighted by molar-refractivity contribution is 6.30. The van der Waals surface area contributed by atoms with Crippen molar-refractivity contribution >= 4 is 29.2 Å². The molecule has 12 heteroatoms. The molecule has 0 bridgehead atoms. The van der Waals surface area contributed by atoms with Gasteiger partial charge in [-0.05, 0) is 61.6 Å². The van der Waals surface area contributed by atoms with E-state index in [1.54, 1.807) is 10.9 Å². The largest absolute Gasteiger partial charge is 0.481 e. The summed E-state index contributed by atoms with van der Waals surface area (Å²) < 4.78 is 38.1. The lowest BCUT2D eigenvalue weighted by Crippen LogP contribution is -2.55. The molecule has 3 aliphatic rings. The standard InChI is InChI=1S/C28H35ClF2N4O5/c1-18(2)21-5-10-32-35(21)28(23(36)33-20-4-3-19(29)15-22(20)40-25(30)31)6-11-34(12-7-28)17-27(24(37)38)16-26(27)8-13-39-14-9-26/h3-5,10,15,18,25H,6-9,11-14,16-17H2,1-2H3,(H,33,36)(H,37,38). The second-order valence-corrected chi connectivity index (χ2v) is 12.0. The van der Waals surface area contributed by atoms with Crippen molar-refractivity contribution in [2.45, 2.75) is 64.0 Å². The number of nitrogens with zero attached hydrogens (tertiary/aromatic N) is 3. The summed E-state index contributed by atoms with van der Waals surface area (Å²) in [6, 6.07) is 6.03. The van der Waals surface area contributed by atoms with Crippen molar-refractivity contribution in [2.75, 3.05) is 38.2 Å². The van der Waals surface area contributed by atoms with Crippen molar-refractivity contribution in [2.24, 2.45) is 10.8 Å². The van der Waals surface area contributed by atoms with Crippen molar-refractivity contribution < 1.29 is 33.0 Å². The summed E-state index contributed by atoms with van der Waals surface area (Å²) in [4.78, 5) is 28.7. The highest BCUT2D eigenvalue weighted by Gasteiger charge is 2.72. The zero-order chi connectivity index (χ0) is 28.7. The molecule has 1 saturated carbocycles. The molecule has 5 rings (SSSR count). The zero-order valence-corrected chi connectivity index (χ0v) is 23.4. The highest BCUT2D eigenvalue weighted by Crippen LogP contribution is 2.69. The van der Waals surface area contributed by atoms with Gasteiger partial charge < -0.3 is 24.8 Å². The Morgan fingerprint density at radius 2 is 1.88 bits per heavy atom. The van der Waals surface area contributed by atoms with Crippen LogP contribution in [-0.2, 0) is 19.9 Å². The number of amides is 1. The van der Waals surface area contributed by atoms with Crippen molar-refractivity contribution in [1.82, 2.24) is 14.7 Å². The molecule has 2 saturated heterocycles. The van der Waals surface area contributed by atoms with E-state index in [0.717, 1.165) is 18.5 Å². The molecule has 40 heavy (non-hydrogen) atoms. The van der Waals surface area contributed by atoms with Gasteiger partial charge in [0.05, 0.1) is 11.1 Å². The zero-order valence-electron chi connectivity index (χ0n) is 22.7. The van der Waals surface area contributed by atoms with Crippen molar-refractivity contribution in [1.29, 1.82) is 0 Å². The van der Waals surface area contributed by atoms with Gasteiger partial charge in [0.2, 0.25) is 0 Å². The van der Waals surface area contributed by atoms with E-state index in [1.807, 2.05) is 19.9 Å². The monoisotopic (exact) mass is 580 g/mol. The summed E-state index contributed by atoms with van der Waals surface area (Å²) in [6.45, 7) is 3.47. The smallest absolute Gasteiger partial charge is 0.387 e. The van der Waals surface area contributed by atoms with Crippen LogP contribution in [0.1, 0.15) is 57.6 Å². The van der Waals surface area contributed by atoms with Crippen LogP contribution in [-0.4, -0.2) is 71.1 Å². The van der Waals surface area contributed by atoms with Gasteiger partial charge in [-0.25, -0.2) is 0 Å². The van der Waals surface area contributed by atoms with Crippen molar-refractivity contribution in [3.05, 3.63) is 41.2 Å². The SMILES string of the molecule is CC(C)c1ccnn1C1(C(=O)Nc2ccc(Cl)cc2OC(F)F)CCN(CC2(C(=O)O)CC23CCOCC3)CC1. The Balaban J connectivity index is 1.40. The summed E-state index contributed by atoms with van der Waals surface area (Å²) >= 11 is 5.99. The first-order valence-electron chi connectivity index (χ1n) is 13.7. The molecule has 9 nitrogen and oxygen atoms in total.